The van der Waals surface area contributed by atoms with Crippen LogP contribution >= 0.6 is 11.3 Å². The van der Waals surface area contributed by atoms with Gasteiger partial charge in [-0.05, 0) is 25.5 Å². The summed E-state index contributed by atoms with van der Waals surface area (Å²) < 4.78 is 0. The molecule has 2 atom stereocenters. The molecule has 1 aromatic heterocycles. The highest BCUT2D eigenvalue weighted by Crippen LogP contribution is 2.25. The standard InChI is InChI=1S/C11H20N4S/c1-14-5-6-15(2)9(8-14)11(13-12)10-4-3-7-16-10/h3-4,7,9,11,13H,5-6,8,12H2,1-2H3. The second-order valence-corrected chi connectivity index (χ2v) is 5.45. The normalized spacial score (nSPS) is 25.8. The van der Waals surface area contributed by atoms with Gasteiger partial charge in [-0.1, -0.05) is 6.07 Å². The molecule has 1 aliphatic heterocycles. The lowest BCUT2D eigenvalue weighted by Crippen LogP contribution is -2.55. The van der Waals surface area contributed by atoms with Gasteiger partial charge in [0, 0.05) is 30.6 Å². The Bertz CT molecular complexity index is 314. The van der Waals surface area contributed by atoms with E-state index in [9.17, 15) is 0 Å². The summed E-state index contributed by atoms with van der Waals surface area (Å²) in [6, 6.07) is 4.91. The highest BCUT2D eigenvalue weighted by molar-refractivity contribution is 7.10. The molecular weight excluding hydrogens is 220 g/mol. The number of hydrogen-bond acceptors (Lipinski definition) is 5. The number of hydrogen-bond donors (Lipinski definition) is 2. The molecule has 1 aliphatic rings. The molecule has 2 heterocycles. The number of rotatable bonds is 3. The maximum Gasteiger partial charge on any atom is 0.0720 e. The molecule has 0 saturated carbocycles. The second-order valence-electron chi connectivity index (χ2n) is 4.47. The fourth-order valence-corrected chi connectivity index (χ4v) is 3.10. The minimum absolute atomic E-state index is 0.229. The third-order valence-corrected chi connectivity index (χ3v) is 4.27. The van der Waals surface area contributed by atoms with Crippen LogP contribution in [-0.2, 0) is 0 Å². The van der Waals surface area contributed by atoms with E-state index in [1.807, 2.05) is 0 Å². The summed E-state index contributed by atoms with van der Waals surface area (Å²) >= 11 is 1.76. The minimum atomic E-state index is 0.229. The van der Waals surface area contributed by atoms with Crippen molar-refractivity contribution in [1.82, 2.24) is 15.2 Å². The van der Waals surface area contributed by atoms with Gasteiger partial charge in [-0.2, -0.15) is 0 Å². The Balaban J connectivity index is 2.13. The largest absolute Gasteiger partial charge is 0.303 e. The van der Waals surface area contributed by atoms with Gasteiger partial charge < -0.3 is 4.90 Å². The van der Waals surface area contributed by atoms with Gasteiger partial charge in [-0.25, -0.2) is 0 Å². The number of piperazine rings is 1. The van der Waals surface area contributed by atoms with Crippen LogP contribution in [0.3, 0.4) is 0 Å². The van der Waals surface area contributed by atoms with Crippen LogP contribution < -0.4 is 11.3 Å². The number of thiophene rings is 1. The number of likely N-dealkylation sites (N-methyl/N-ethyl adjacent to an activating group) is 2. The van der Waals surface area contributed by atoms with Gasteiger partial charge in [0.05, 0.1) is 6.04 Å². The van der Waals surface area contributed by atoms with E-state index in [1.54, 1.807) is 11.3 Å². The first kappa shape index (κ1) is 12.0. The average molecular weight is 240 g/mol. The quantitative estimate of drug-likeness (QED) is 0.596. The van der Waals surface area contributed by atoms with Gasteiger partial charge in [-0.15, -0.1) is 11.3 Å². The molecule has 0 spiro atoms. The summed E-state index contributed by atoms with van der Waals surface area (Å²) in [5, 5.41) is 2.10. The van der Waals surface area contributed by atoms with Crippen molar-refractivity contribution in [2.45, 2.75) is 12.1 Å². The molecule has 2 rings (SSSR count). The highest BCUT2D eigenvalue weighted by atomic mass is 32.1. The van der Waals surface area contributed by atoms with E-state index in [4.69, 9.17) is 5.84 Å². The van der Waals surface area contributed by atoms with E-state index in [1.165, 1.54) is 4.88 Å². The van der Waals surface area contributed by atoms with E-state index in [0.717, 1.165) is 19.6 Å². The Morgan fingerprint density at radius 1 is 1.50 bits per heavy atom. The molecular formula is C11H20N4S. The lowest BCUT2D eigenvalue weighted by Gasteiger charge is -2.41. The maximum absolute atomic E-state index is 5.71. The zero-order chi connectivity index (χ0) is 11.5. The predicted molar refractivity (Wildman–Crippen MR) is 68.3 cm³/mol. The fourth-order valence-electron chi connectivity index (χ4n) is 2.26. The molecule has 0 amide bonds. The summed E-state index contributed by atoms with van der Waals surface area (Å²) in [6.07, 6.45) is 0. The highest BCUT2D eigenvalue weighted by Gasteiger charge is 2.30. The smallest absolute Gasteiger partial charge is 0.0720 e. The van der Waals surface area contributed by atoms with Crippen LogP contribution in [0, 0.1) is 0 Å². The van der Waals surface area contributed by atoms with Crippen molar-refractivity contribution in [3.05, 3.63) is 22.4 Å². The molecule has 0 bridgehead atoms. The van der Waals surface area contributed by atoms with Crippen LogP contribution in [0.25, 0.3) is 0 Å². The van der Waals surface area contributed by atoms with Crippen LogP contribution in [0.1, 0.15) is 10.9 Å². The molecule has 2 unspecified atom stereocenters. The molecule has 5 heteroatoms. The molecule has 3 N–H and O–H groups in total. The average Bonchev–Trinajstić information content (AvgIpc) is 2.78. The molecule has 4 nitrogen and oxygen atoms in total. The van der Waals surface area contributed by atoms with Gasteiger partial charge >= 0.3 is 0 Å². The van der Waals surface area contributed by atoms with E-state index in [2.05, 4.69) is 46.8 Å². The van der Waals surface area contributed by atoms with Crippen molar-refractivity contribution < 1.29 is 0 Å². The minimum Gasteiger partial charge on any atom is -0.303 e. The van der Waals surface area contributed by atoms with Gasteiger partial charge in [0.25, 0.3) is 0 Å². The topological polar surface area (TPSA) is 44.5 Å². The number of nitrogens with zero attached hydrogens (tertiary/aromatic N) is 2. The van der Waals surface area contributed by atoms with E-state index in [0.29, 0.717) is 6.04 Å². The van der Waals surface area contributed by atoms with Crippen LogP contribution in [0.15, 0.2) is 17.5 Å². The number of nitrogens with one attached hydrogen (secondary N) is 1. The lowest BCUT2D eigenvalue weighted by molar-refractivity contribution is 0.0885. The van der Waals surface area contributed by atoms with Crippen molar-refractivity contribution in [2.75, 3.05) is 33.7 Å². The Kier molecular flexibility index (Phi) is 3.94. The van der Waals surface area contributed by atoms with E-state index >= 15 is 0 Å². The maximum atomic E-state index is 5.71. The van der Waals surface area contributed by atoms with E-state index in [-0.39, 0.29) is 6.04 Å². The summed E-state index contributed by atoms with van der Waals surface area (Å²) in [6.45, 7) is 3.29. The molecule has 90 valence electrons. The Morgan fingerprint density at radius 2 is 2.31 bits per heavy atom. The second kappa shape index (κ2) is 5.25. The molecule has 0 aromatic carbocycles. The van der Waals surface area contributed by atoms with Gasteiger partial charge in [0.15, 0.2) is 0 Å². The van der Waals surface area contributed by atoms with Crippen molar-refractivity contribution in [3.8, 4) is 0 Å². The van der Waals surface area contributed by atoms with E-state index < -0.39 is 0 Å². The summed E-state index contributed by atoms with van der Waals surface area (Å²) in [7, 11) is 4.34. The van der Waals surface area contributed by atoms with Crippen molar-refractivity contribution in [3.63, 3.8) is 0 Å². The van der Waals surface area contributed by atoms with Gasteiger partial charge in [0.1, 0.15) is 0 Å². The third kappa shape index (κ3) is 2.44. The van der Waals surface area contributed by atoms with Crippen LogP contribution in [0.5, 0.6) is 0 Å². The Labute approximate surface area is 101 Å². The van der Waals surface area contributed by atoms with Gasteiger partial charge in [0.2, 0.25) is 0 Å². The summed E-state index contributed by atoms with van der Waals surface area (Å²) in [5.74, 6) is 5.71. The summed E-state index contributed by atoms with van der Waals surface area (Å²) in [5.41, 5.74) is 2.97. The fraction of sp³-hybridized carbons (Fsp3) is 0.636. The zero-order valence-electron chi connectivity index (χ0n) is 9.89. The van der Waals surface area contributed by atoms with Crippen molar-refractivity contribution >= 4 is 11.3 Å². The van der Waals surface area contributed by atoms with Crippen LogP contribution in [0.2, 0.25) is 0 Å². The Hall–Kier alpha value is -0.460. The molecule has 16 heavy (non-hydrogen) atoms. The first-order chi connectivity index (χ1) is 7.72. The molecule has 1 fully saturated rings. The first-order valence-corrected chi connectivity index (χ1v) is 6.48. The predicted octanol–water partition coefficient (Wildman–Crippen LogP) is 0.498. The third-order valence-electron chi connectivity index (χ3n) is 3.31. The van der Waals surface area contributed by atoms with Crippen molar-refractivity contribution in [2.24, 2.45) is 5.84 Å². The molecule has 1 saturated heterocycles. The molecule has 0 aliphatic carbocycles. The number of hydrazine groups is 1. The number of nitrogens with two attached hydrogens (primary N) is 1. The molecule has 0 radical (unpaired) electrons. The summed E-state index contributed by atoms with van der Waals surface area (Å²) in [4.78, 5) is 6.07. The lowest BCUT2D eigenvalue weighted by atomic mass is 10.0. The van der Waals surface area contributed by atoms with Crippen LogP contribution in [0.4, 0.5) is 0 Å². The SMILES string of the molecule is CN1CCN(C)C(C(NN)c2cccs2)C1. The van der Waals surface area contributed by atoms with Crippen molar-refractivity contribution in [1.29, 1.82) is 0 Å². The Morgan fingerprint density at radius 3 is 2.94 bits per heavy atom. The van der Waals surface area contributed by atoms with Crippen LogP contribution in [-0.4, -0.2) is 49.6 Å². The monoisotopic (exact) mass is 240 g/mol. The molecule has 1 aromatic rings. The first-order valence-electron chi connectivity index (χ1n) is 5.60. The zero-order valence-corrected chi connectivity index (χ0v) is 10.7. The van der Waals surface area contributed by atoms with Gasteiger partial charge in [-0.3, -0.25) is 16.2 Å².